The molecule has 122 valence electrons. The smallest absolute Gasteiger partial charge is 0.387 e. The fraction of sp³-hybridized carbons (Fsp3) is 0.250. The van der Waals surface area contributed by atoms with Gasteiger partial charge in [0.05, 0.1) is 0 Å². The maximum absolute atomic E-state index is 12.3. The molecule has 1 aromatic heterocycles. The van der Waals surface area contributed by atoms with E-state index in [-0.39, 0.29) is 17.4 Å². The first kappa shape index (κ1) is 16.7. The van der Waals surface area contributed by atoms with Gasteiger partial charge in [-0.15, -0.1) is 0 Å². The molecule has 0 unspecified atom stereocenters. The first-order valence-corrected chi connectivity index (χ1v) is 6.85. The highest BCUT2D eigenvalue weighted by Crippen LogP contribution is 2.16. The second kappa shape index (κ2) is 7.04. The summed E-state index contributed by atoms with van der Waals surface area (Å²) in [5.41, 5.74) is 1.52. The molecule has 23 heavy (non-hydrogen) atoms. The maximum Gasteiger partial charge on any atom is 0.387 e. The Bertz CT molecular complexity index is 696. The summed E-state index contributed by atoms with van der Waals surface area (Å²) in [5.74, 6) is -0.337. The van der Waals surface area contributed by atoms with Gasteiger partial charge in [0.2, 0.25) is 0 Å². The number of nitrogens with one attached hydrogen (secondary N) is 1. The van der Waals surface area contributed by atoms with Crippen molar-refractivity contribution in [1.29, 1.82) is 0 Å². The zero-order valence-corrected chi connectivity index (χ0v) is 12.7. The molecule has 1 aromatic carbocycles. The van der Waals surface area contributed by atoms with Crippen LogP contribution in [0.3, 0.4) is 0 Å². The van der Waals surface area contributed by atoms with Crippen LogP contribution in [-0.4, -0.2) is 35.2 Å². The van der Waals surface area contributed by atoms with Crippen LogP contribution >= 0.6 is 0 Å². The molecule has 0 aliphatic rings. The van der Waals surface area contributed by atoms with Crippen LogP contribution in [0.25, 0.3) is 0 Å². The van der Waals surface area contributed by atoms with Gasteiger partial charge in [0, 0.05) is 25.4 Å². The predicted octanol–water partition coefficient (Wildman–Crippen LogP) is 3.09. The fourth-order valence-corrected chi connectivity index (χ4v) is 2.05. The van der Waals surface area contributed by atoms with Crippen molar-refractivity contribution in [1.82, 2.24) is 9.88 Å². The largest absolute Gasteiger partial charge is 0.435 e. The summed E-state index contributed by atoms with van der Waals surface area (Å²) >= 11 is 0. The lowest BCUT2D eigenvalue weighted by Crippen LogP contribution is -2.26. The van der Waals surface area contributed by atoms with Crippen molar-refractivity contribution in [2.24, 2.45) is 0 Å². The Balaban J connectivity index is 2.01. The van der Waals surface area contributed by atoms with Gasteiger partial charge >= 0.3 is 6.61 Å². The third-order valence-corrected chi connectivity index (χ3v) is 3.23. The summed E-state index contributed by atoms with van der Waals surface area (Å²) in [4.78, 5) is 27.7. The second-order valence-corrected chi connectivity index (χ2v) is 5.04. The Morgan fingerprint density at radius 1 is 1.26 bits per heavy atom. The SMILES string of the molecule is CC(=O)c1c[nH]c(C(=O)N(C)Cc2ccc(OC(F)F)cc2)c1. The lowest BCUT2D eigenvalue weighted by Gasteiger charge is -2.16. The number of ketones is 1. The first-order chi connectivity index (χ1) is 10.9. The zero-order valence-electron chi connectivity index (χ0n) is 12.7. The molecule has 2 rings (SSSR count). The third kappa shape index (κ3) is 4.38. The zero-order chi connectivity index (χ0) is 17.0. The Hall–Kier alpha value is -2.70. The minimum absolute atomic E-state index is 0.0631. The summed E-state index contributed by atoms with van der Waals surface area (Å²) in [6, 6.07) is 7.56. The molecule has 1 amide bonds. The van der Waals surface area contributed by atoms with Gasteiger partial charge in [-0.05, 0) is 30.7 Å². The molecule has 0 spiro atoms. The molecule has 2 aromatic rings. The average Bonchev–Trinajstić information content (AvgIpc) is 2.98. The number of nitrogens with zero attached hydrogens (tertiary/aromatic N) is 1. The minimum Gasteiger partial charge on any atom is -0.435 e. The molecule has 0 aliphatic heterocycles. The number of aromatic nitrogens is 1. The molecule has 0 saturated carbocycles. The van der Waals surface area contributed by atoms with E-state index in [1.165, 1.54) is 36.2 Å². The number of hydrogen-bond donors (Lipinski definition) is 1. The first-order valence-electron chi connectivity index (χ1n) is 6.85. The maximum atomic E-state index is 12.3. The predicted molar refractivity (Wildman–Crippen MR) is 79.7 cm³/mol. The van der Waals surface area contributed by atoms with Gasteiger partial charge in [-0.25, -0.2) is 0 Å². The van der Waals surface area contributed by atoms with E-state index in [1.807, 2.05) is 0 Å². The number of carbonyl (C=O) groups is 2. The van der Waals surface area contributed by atoms with Gasteiger partial charge < -0.3 is 14.6 Å². The number of rotatable bonds is 6. The van der Waals surface area contributed by atoms with Crippen LogP contribution in [-0.2, 0) is 6.54 Å². The standard InChI is InChI=1S/C16H16F2N2O3/c1-10(21)12-7-14(19-8-12)15(22)20(2)9-11-3-5-13(6-4-11)23-16(17)18/h3-8,16,19H,9H2,1-2H3. The number of aromatic amines is 1. The minimum atomic E-state index is -2.87. The Kier molecular flexibility index (Phi) is 5.10. The highest BCUT2D eigenvalue weighted by atomic mass is 19.3. The lowest BCUT2D eigenvalue weighted by molar-refractivity contribution is -0.0498. The van der Waals surface area contributed by atoms with Crippen molar-refractivity contribution in [2.75, 3.05) is 7.05 Å². The van der Waals surface area contributed by atoms with Crippen LogP contribution in [0.15, 0.2) is 36.5 Å². The van der Waals surface area contributed by atoms with Crippen LogP contribution in [0.2, 0.25) is 0 Å². The number of carbonyl (C=O) groups excluding carboxylic acids is 2. The van der Waals surface area contributed by atoms with Crippen LogP contribution in [0, 0.1) is 0 Å². The average molecular weight is 322 g/mol. The van der Waals surface area contributed by atoms with E-state index in [9.17, 15) is 18.4 Å². The molecule has 7 heteroatoms. The van der Waals surface area contributed by atoms with E-state index < -0.39 is 6.61 Å². The Morgan fingerprint density at radius 3 is 2.43 bits per heavy atom. The Labute approximate surface area is 131 Å². The number of hydrogen-bond acceptors (Lipinski definition) is 3. The number of alkyl halides is 2. The van der Waals surface area contributed by atoms with E-state index >= 15 is 0 Å². The molecule has 0 saturated heterocycles. The third-order valence-electron chi connectivity index (χ3n) is 3.23. The molecule has 0 fully saturated rings. The van der Waals surface area contributed by atoms with Crippen LogP contribution in [0.4, 0.5) is 8.78 Å². The van der Waals surface area contributed by atoms with Crippen molar-refractivity contribution < 1.29 is 23.1 Å². The van der Waals surface area contributed by atoms with E-state index in [2.05, 4.69) is 9.72 Å². The number of ether oxygens (including phenoxy) is 1. The molecule has 0 bridgehead atoms. The van der Waals surface area contributed by atoms with Gasteiger partial charge in [0.1, 0.15) is 11.4 Å². The summed E-state index contributed by atoms with van der Waals surface area (Å²) in [6.07, 6.45) is 1.49. The number of H-pyrrole nitrogens is 1. The van der Waals surface area contributed by atoms with Gasteiger partial charge in [-0.2, -0.15) is 8.78 Å². The molecule has 0 aliphatic carbocycles. The van der Waals surface area contributed by atoms with Crippen LogP contribution in [0.1, 0.15) is 33.3 Å². The van der Waals surface area contributed by atoms with Crippen LogP contribution < -0.4 is 4.74 Å². The normalized spacial score (nSPS) is 10.7. The van der Waals surface area contributed by atoms with Crippen molar-refractivity contribution in [2.45, 2.75) is 20.1 Å². The second-order valence-electron chi connectivity index (χ2n) is 5.04. The van der Waals surface area contributed by atoms with Crippen molar-refractivity contribution in [3.63, 3.8) is 0 Å². The van der Waals surface area contributed by atoms with Gasteiger partial charge in [0.25, 0.3) is 5.91 Å². The van der Waals surface area contributed by atoms with Crippen LogP contribution in [0.5, 0.6) is 5.75 Å². The number of benzene rings is 1. The van der Waals surface area contributed by atoms with E-state index in [1.54, 1.807) is 19.2 Å². The molecule has 5 nitrogen and oxygen atoms in total. The van der Waals surface area contributed by atoms with Crippen molar-refractivity contribution in [3.05, 3.63) is 53.3 Å². The van der Waals surface area contributed by atoms with Crippen molar-refractivity contribution >= 4 is 11.7 Å². The Morgan fingerprint density at radius 2 is 1.91 bits per heavy atom. The van der Waals surface area contributed by atoms with Crippen molar-refractivity contribution in [3.8, 4) is 5.75 Å². The van der Waals surface area contributed by atoms with Gasteiger partial charge in [-0.1, -0.05) is 12.1 Å². The molecule has 1 heterocycles. The lowest BCUT2D eigenvalue weighted by atomic mass is 10.2. The molecule has 1 N–H and O–H groups in total. The highest BCUT2D eigenvalue weighted by Gasteiger charge is 2.15. The molecule has 0 radical (unpaired) electrons. The van der Waals surface area contributed by atoms with Gasteiger partial charge in [-0.3, -0.25) is 9.59 Å². The quantitative estimate of drug-likeness (QED) is 0.831. The molecule has 0 atom stereocenters. The summed E-state index contributed by atoms with van der Waals surface area (Å²) in [6.45, 7) is -1.15. The summed E-state index contributed by atoms with van der Waals surface area (Å²) in [5, 5.41) is 0. The number of Topliss-reactive ketones (excluding diaryl/α,β-unsaturated/α-hetero) is 1. The van der Waals surface area contributed by atoms with E-state index in [4.69, 9.17) is 0 Å². The summed E-state index contributed by atoms with van der Waals surface area (Å²) < 4.78 is 28.4. The van der Waals surface area contributed by atoms with E-state index in [0.29, 0.717) is 17.8 Å². The molecular weight excluding hydrogens is 306 g/mol. The fourth-order valence-electron chi connectivity index (χ4n) is 2.05. The topological polar surface area (TPSA) is 62.4 Å². The number of halogens is 2. The molecular formula is C16H16F2N2O3. The highest BCUT2D eigenvalue weighted by molar-refractivity contribution is 5.98. The number of amides is 1. The van der Waals surface area contributed by atoms with Gasteiger partial charge in [0.15, 0.2) is 5.78 Å². The monoisotopic (exact) mass is 322 g/mol. The summed E-state index contributed by atoms with van der Waals surface area (Å²) in [7, 11) is 1.61. The van der Waals surface area contributed by atoms with E-state index in [0.717, 1.165) is 5.56 Å².